The molecule has 0 saturated carbocycles. The van der Waals surface area contributed by atoms with Crippen LogP contribution in [0.2, 0.25) is 0 Å². The molecule has 0 spiro atoms. The number of rotatable bonds is 4. The lowest BCUT2D eigenvalue weighted by atomic mass is 10.2. The van der Waals surface area contributed by atoms with Crippen LogP contribution < -0.4 is 14.5 Å². The van der Waals surface area contributed by atoms with E-state index < -0.39 is 0 Å². The number of anilines is 2. The second-order valence-electron chi connectivity index (χ2n) is 6.07. The first-order chi connectivity index (χ1) is 11.2. The van der Waals surface area contributed by atoms with E-state index in [1.54, 1.807) is 7.11 Å². The van der Waals surface area contributed by atoms with Crippen molar-refractivity contribution >= 4 is 11.5 Å². The summed E-state index contributed by atoms with van der Waals surface area (Å²) in [5.74, 6) is 3.23. The monoisotopic (exact) mass is 312 g/mol. The third-order valence-electron chi connectivity index (χ3n) is 4.21. The van der Waals surface area contributed by atoms with Crippen LogP contribution in [-0.2, 0) is 0 Å². The first kappa shape index (κ1) is 15.6. The van der Waals surface area contributed by atoms with E-state index >= 15 is 0 Å². The minimum atomic E-state index is 0.352. The third kappa shape index (κ3) is 3.38. The largest absolute Gasteiger partial charge is 0.495 e. The maximum atomic E-state index is 5.48. The molecule has 1 aromatic carbocycles. The van der Waals surface area contributed by atoms with Gasteiger partial charge in [-0.25, -0.2) is 9.97 Å². The lowest BCUT2D eigenvalue weighted by Gasteiger charge is -2.37. The standard InChI is InChI=1S/C18H24N4O/c1-14(2)18-19-9-8-17(20-18)22-12-10-21(11-13-22)15-6-4-5-7-16(15)23-3/h4-9,14H,10-13H2,1-3H3. The van der Waals surface area contributed by atoms with Crippen molar-refractivity contribution in [3.05, 3.63) is 42.4 Å². The van der Waals surface area contributed by atoms with Gasteiger partial charge in [-0.05, 0) is 18.2 Å². The topological polar surface area (TPSA) is 41.5 Å². The van der Waals surface area contributed by atoms with Crippen LogP contribution in [0.25, 0.3) is 0 Å². The van der Waals surface area contributed by atoms with Crippen LogP contribution >= 0.6 is 0 Å². The van der Waals surface area contributed by atoms with Gasteiger partial charge >= 0.3 is 0 Å². The second kappa shape index (κ2) is 6.86. The molecule has 0 N–H and O–H groups in total. The summed E-state index contributed by atoms with van der Waals surface area (Å²) >= 11 is 0. The van der Waals surface area contributed by atoms with Gasteiger partial charge in [0, 0.05) is 38.3 Å². The molecular weight excluding hydrogens is 288 g/mol. The highest BCUT2D eigenvalue weighted by atomic mass is 16.5. The first-order valence-electron chi connectivity index (χ1n) is 8.15. The Morgan fingerprint density at radius 1 is 1.00 bits per heavy atom. The zero-order valence-corrected chi connectivity index (χ0v) is 14.1. The van der Waals surface area contributed by atoms with Crippen molar-refractivity contribution in [2.24, 2.45) is 0 Å². The molecule has 23 heavy (non-hydrogen) atoms. The zero-order valence-electron chi connectivity index (χ0n) is 14.1. The molecule has 5 heteroatoms. The van der Waals surface area contributed by atoms with Gasteiger partial charge in [-0.15, -0.1) is 0 Å². The van der Waals surface area contributed by atoms with E-state index in [0.29, 0.717) is 5.92 Å². The van der Waals surface area contributed by atoms with E-state index in [1.165, 1.54) is 5.69 Å². The van der Waals surface area contributed by atoms with Gasteiger partial charge in [0.25, 0.3) is 0 Å². The predicted molar refractivity (Wildman–Crippen MR) is 93.5 cm³/mol. The highest BCUT2D eigenvalue weighted by molar-refractivity contribution is 5.59. The number of hydrogen-bond donors (Lipinski definition) is 0. The third-order valence-corrected chi connectivity index (χ3v) is 4.21. The summed E-state index contributed by atoms with van der Waals surface area (Å²) in [6.07, 6.45) is 1.87. The zero-order chi connectivity index (χ0) is 16.2. The van der Waals surface area contributed by atoms with E-state index in [2.05, 4.69) is 40.8 Å². The molecule has 122 valence electrons. The lowest BCUT2D eigenvalue weighted by molar-refractivity contribution is 0.413. The molecule has 1 aromatic heterocycles. The van der Waals surface area contributed by atoms with Crippen LogP contribution in [0.15, 0.2) is 36.5 Å². The van der Waals surface area contributed by atoms with Gasteiger partial charge in [0.15, 0.2) is 0 Å². The molecule has 2 heterocycles. The average molecular weight is 312 g/mol. The summed E-state index contributed by atoms with van der Waals surface area (Å²) in [6, 6.07) is 10.2. The molecule has 1 aliphatic rings. The fourth-order valence-corrected chi connectivity index (χ4v) is 2.89. The van der Waals surface area contributed by atoms with Crippen LogP contribution in [0.1, 0.15) is 25.6 Å². The number of methoxy groups -OCH3 is 1. The maximum Gasteiger partial charge on any atom is 0.142 e. The average Bonchev–Trinajstić information content (AvgIpc) is 2.62. The van der Waals surface area contributed by atoms with Crippen molar-refractivity contribution in [3.63, 3.8) is 0 Å². The Bertz CT molecular complexity index is 651. The van der Waals surface area contributed by atoms with Gasteiger partial charge in [0.2, 0.25) is 0 Å². The smallest absolute Gasteiger partial charge is 0.142 e. The molecule has 0 unspecified atom stereocenters. The second-order valence-corrected chi connectivity index (χ2v) is 6.07. The normalized spacial score (nSPS) is 15.1. The number of aromatic nitrogens is 2. The van der Waals surface area contributed by atoms with Crippen LogP contribution in [0.3, 0.4) is 0 Å². The number of nitrogens with zero attached hydrogens (tertiary/aromatic N) is 4. The summed E-state index contributed by atoms with van der Waals surface area (Å²) in [7, 11) is 1.73. The van der Waals surface area contributed by atoms with Gasteiger partial charge in [-0.2, -0.15) is 0 Å². The number of hydrogen-bond acceptors (Lipinski definition) is 5. The minimum absolute atomic E-state index is 0.352. The van der Waals surface area contributed by atoms with Gasteiger partial charge in [0.05, 0.1) is 12.8 Å². The number of para-hydroxylation sites is 2. The minimum Gasteiger partial charge on any atom is -0.495 e. The molecule has 1 saturated heterocycles. The molecule has 0 atom stereocenters. The Labute approximate surface area is 137 Å². The lowest BCUT2D eigenvalue weighted by Crippen LogP contribution is -2.47. The van der Waals surface area contributed by atoms with Crippen LogP contribution in [-0.4, -0.2) is 43.3 Å². The summed E-state index contributed by atoms with van der Waals surface area (Å²) in [6.45, 7) is 8.07. The van der Waals surface area contributed by atoms with Crippen molar-refractivity contribution in [2.45, 2.75) is 19.8 Å². The quantitative estimate of drug-likeness (QED) is 0.868. The molecule has 2 aromatic rings. The van der Waals surface area contributed by atoms with Gasteiger partial charge < -0.3 is 14.5 Å². The Kier molecular flexibility index (Phi) is 4.65. The Morgan fingerprint density at radius 2 is 1.70 bits per heavy atom. The first-order valence-corrected chi connectivity index (χ1v) is 8.15. The molecule has 5 nitrogen and oxygen atoms in total. The van der Waals surface area contributed by atoms with Gasteiger partial charge in [-0.3, -0.25) is 0 Å². The predicted octanol–water partition coefficient (Wildman–Crippen LogP) is 2.94. The molecule has 1 fully saturated rings. The highest BCUT2D eigenvalue weighted by Crippen LogP contribution is 2.29. The molecule has 0 aliphatic carbocycles. The fourth-order valence-electron chi connectivity index (χ4n) is 2.89. The van der Waals surface area contributed by atoms with Crippen molar-refractivity contribution in [3.8, 4) is 5.75 Å². The maximum absolute atomic E-state index is 5.48. The van der Waals surface area contributed by atoms with E-state index in [4.69, 9.17) is 9.72 Å². The Hall–Kier alpha value is -2.30. The molecular formula is C18H24N4O. The van der Waals surface area contributed by atoms with Gasteiger partial charge in [-0.1, -0.05) is 26.0 Å². The molecule has 0 bridgehead atoms. The molecule has 0 amide bonds. The van der Waals surface area contributed by atoms with Crippen molar-refractivity contribution in [1.29, 1.82) is 0 Å². The Morgan fingerprint density at radius 3 is 2.39 bits per heavy atom. The number of benzene rings is 1. The summed E-state index contributed by atoms with van der Waals surface area (Å²) in [5, 5.41) is 0. The summed E-state index contributed by atoms with van der Waals surface area (Å²) in [4.78, 5) is 13.8. The van der Waals surface area contributed by atoms with E-state index in [1.807, 2.05) is 24.4 Å². The molecule has 1 aliphatic heterocycles. The summed E-state index contributed by atoms with van der Waals surface area (Å²) in [5.41, 5.74) is 1.17. The van der Waals surface area contributed by atoms with Crippen molar-refractivity contribution in [1.82, 2.24) is 9.97 Å². The summed E-state index contributed by atoms with van der Waals surface area (Å²) < 4.78 is 5.48. The number of piperazine rings is 1. The van der Waals surface area contributed by atoms with E-state index in [9.17, 15) is 0 Å². The van der Waals surface area contributed by atoms with E-state index in [0.717, 1.165) is 43.6 Å². The fraction of sp³-hybridized carbons (Fsp3) is 0.444. The molecule has 3 rings (SSSR count). The number of ether oxygens (including phenoxy) is 1. The molecule has 0 radical (unpaired) electrons. The highest BCUT2D eigenvalue weighted by Gasteiger charge is 2.20. The van der Waals surface area contributed by atoms with Gasteiger partial charge in [0.1, 0.15) is 17.4 Å². The Balaban J connectivity index is 1.70. The van der Waals surface area contributed by atoms with Crippen molar-refractivity contribution < 1.29 is 4.74 Å². The SMILES string of the molecule is COc1ccccc1N1CCN(c2ccnc(C(C)C)n2)CC1. The van der Waals surface area contributed by atoms with Crippen LogP contribution in [0.5, 0.6) is 5.75 Å². The van der Waals surface area contributed by atoms with Crippen LogP contribution in [0, 0.1) is 0 Å². The van der Waals surface area contributed by atoms with Crippen LogP contribution in [0.4, 0.5) is 11.5 Å². The van der Waals surface area contributed by atoms with Crippen molar-refractivity contribution in [2.75, 3.05) is 43.1 Å². The van der Waals surface area contributed by atoms with E-state index in [-0.39, 0.29) is 0 Å².